The molecule has 0 spiro atoms. The Morgan fingerprint density at radius 1 is 0.558 bits per heavy atom. The maximum Gasteiger partial charge on any atom is 0.278 e. The number of rotatable bonds is 6. The average Bonchev–Trinajstić information content (AvgIpc) is 4.00. The lowest BCUT2D eigenvalue weighted by Crippen LogP contribution is -2.12. The van der Waals surface area contributed by atoms with Crippen LogP contribution in [0.1, 0.15) is 26.5 Å². The van der Waals surface area contributed by atoms with Gasteiger partial charge in [0.2, 0.25) is 0 Å². The van der Waals surface area contributed by atoms with Crippen LogP contribution in [-0.2, 0) is 0 Å². The summed E-state index contributed by atoms with van der Waals surface area (Å²) in [7, 11) is 0. The highest BCUT2D eigenvalue weighted by Crippen LogP contribution is 2.34. The molecule has 0 radical (unpaired) electrons. The summed E-state index contributed by atoms with van der Waals surface area (Å²) in [4.78, 5) is 25.1. The van der Waals surface area contributed by atoms with Gasteiger partial charge in [0.1, 0.15) is 22.8 Å². The maximum absolute atomic E-state index is 12.6. The molecule has 0 N–H and O–H groups in total. The molecule has 0 fully saturated rings. The molecule has 13 heteroatoms. The van der Waals surface area contributed by atoms with Crippen LogP contribution in [0.4, 0.5) is 0 Å². The molecule has 8 aromatic rings. The van der Waals surface area contributed by atoms with Gasteiger partial charge in [-0.15, -0.1) is 0 Å². The summed E-state index contributed by atoms with van der Waals surface area (Å²) in [5.41, 5.74) is 6.04. The van der Waals surface area contributed by atoms with Crippen LogP contribution in [0.15, 0.2) is 143 Å². The van der Waals surface area contributed by atoms with Gasteiger partial charge < -0.3 is 9.05 Å². The summed E-state index contributed by atoms with van der Waals surface area (Å²) in [5.74, 6) is 0.622. The van der Waals surface area contributed by atoms with Crippen molar-refractivity contribution in [3.63, 3.8) is 0 Å². The van der Waals surface area contributed by atoms with E-state index >= 15 is 0 Å². The molecule has 0 aliphatic carbocycles. The molecule has 0 saturated carbocycles. The van der Waals surface area contributed by atoms with E-state index in [2.05, 4.69) is 20.5 Å². The van der Waals surface area contributed by atoms with Crippen LogP contribution in [0.3, 0.4) is 0 Å². The summed E-state index contributed by atoms with van der Waals surface area (Å²) < 4.78 is 13.3. The van der Waals surface area contributed by atoms with Crippen molar-refractivity contribution in [2.75, 3.05) is 0 Å². The van der Waals surface area contributed by atoms with Crippen molar-refractivity contribution in [3.05, 3.63) is 166 Å². The third-order valence-electron chi connectivity index (χ3n) is 7.85. The molecule has 0 saturated heterocycles. The molecule has 52 heavy (non-hydrogen) atoms. The largest absolute Gasteiger partial charge is 0.360 e. The van der Waals surface area contributed by atoms with Crippen molar-refractivity contribution >= 4 is 46.6 Å². The zero-order valence-electron chi connectivity index (χ0n) is 27.2. The number of halogens is 3. The fraction of sp³-hybridized carbons (Fsp3) is 0.0256. The van der Waals surface area contributed by atoms with Gasteiger partial charge in [-0.2, -0.15) is 10.2 Å². The molecule has 0 aliphatic rings. The van der Waals surface area contributed by atoms with Crippen LogP contribution in [0.2, 0.25) is 15.1 Å². The second kappa shape index (κ2) is 15.0. The maximum atomic E-state index is 12.6. The lowest BCUT2D eigenvalue weighted by atomic mass is 10.0. The van der Waals surface area contributed by atoms with Gasteiger partial charge >= 0.3 is 0 Å². The third-order valence-corrected chi connectivity index (χ3v) is 8.60. The quantitative estimate of drug-likeness (QED) is 0.165. The second-order valence-corrected chi connectivity index (χ2v) is 12.6. The summed E-state index contributed by atoms with van der Waals surface area (Å²) in [6.07, 6.45) is 3.21. The van der Waals surface area contributed by atoms with Gasteiger partial charge in [0.05, 0.1) is 11.3 Å². The molecule has 10 nitrogen and oxygen atoms in total. The van der Waals surface area contributed by atoms with E-state index in [1.807, 2.05) is 49.4 Å². The normalized spacial score (nSPS) is 10.8. The zero-order valence-corrected chi connectivity index (χ0v) is 29.4. The molecular formula is C39H25Cl3N6O4. The average molecular weight is 748 g/mol. The minimum absolute atomic E-state index is 0.245. The summed E-state index contributed by atoms with van der Waals surface area (Å²) in [6.45, 7) is 1.81. The fourth-order valence-corrected chi connectivity index (χ4v) is 5.59. The van der Waals surface area contributed by atoms with Crippen LogP contribution in [0, 0.1) is 6.92 Å². The molecule has 8 rings (SSSR count). The van der Waals surface area contributed by atoms with Gasteiger partial charge in [0.25, 0.3) is 11.8 Å². The van der Waals surface area contributed by atoms with Gasteiger partial charge in [0.15, 0.2) is 5.76 Å². The minimum Gasteiger partial charge on any atom is -0.360 e. The van der Waals surface area contributed by atoms with Crippen LogP contribution >= 0.6 is 34.8 Å². The van der Waals surface area contributed by atoms with Gasteiger partial charge in [-0.3, -0.25) is 9.59 Å². The van der Waals surface area contributed by atoms with Gasteiger partial charge in [0, 0.05) is 55.8 Å². The molecule has 4 aromatic heterocycles. The molecule has 0 unspecified atom stereocenters. The van der Waals surface area contributed by atoms with E-state index in [0.29, 0.717) is 60.5 Å². The Labute approximate surface area is 311 Å². The molecule has 0 bridgehead atoms. The topological polar surface area (TPSA) is 122 Å². The van der Waals surface area contributed by atoms with Crippen molar-refractivity contribution in [2.45, 2.75) is 6.92 Å². The summed E-state index contributed by atoms with van der Waals surface area (Å²) >= 11 is 17.7. The Hall–Kier alpha value is -6.07. The first-order valence-electron chi connectivity index (χ1n) is 15.7. The van der Waals surface area contributed by atoms with Crippen molar-refractivity contribution in [1.29, 1.82) is 0 Å². The van der Waals surface area contributed by atoms with E-state index in [1.165, 1.54) is 9.36 Å². The van der Waals surface area contributed by atoms with Crippen LogP contribution in [0.5, 0.6) is 0 Å². The Balaban J connectivity index is 0.000000162. The van der Waals surface area contributed by atoms with Gasteiger partial charge in [-0.25, -0.2) is 9.36 Å². The number of benzene rings is 4. The van der Waals surface area contributed by atoms with Crippen molar-refractivity contribution in [1.82, 2.24) is 29.9 Å². The number of nitrogens with zero attached hydrogens (tertiary/aromatic N) is 6. The van der Waals surface area contributed by atoms with E-state index in [1.54, 1.807) is 91.3 Å². The first-order valence-corrected chi connectivity index (χ1v) is 16.8. The highest BCUT2D eigenvalue weighted by atomic mass is 35.5. The molecule has 4 aromatic carbocycles. The number of hydrogen-bond acceptors (Lipinski definition) is 8. The number of hydrogen-bond donors (Lipinski definition) is 0. The first kappa shape index (κ1) is 34.4. The third kappa shape index (κ3) is 7.50. The molecule has 0 atom stereocenters. The SMILES string of the molecule is Cc1onc(-c2ccc(Cl)cc2)c1-c1ccn(C(=O)c2ccc(Cl)cc2)n1.O=C(c1ccc(Cl)cc1)n1ccc(-c2cc(-c3ccccc3)no2)n1. The number of carbonyl (C=O) groups excluding carboxylic acids is 2. The van der Waals surface area contributed by atoms with Crippen molar-refractivity contribution in [2.24, 2.45) is 0 Å². The number of carbonyl (C=O) groups is 2. The molecule has 0 aliphatic heterocycles. The predicted octanol–water partition coefficient (Wildman–Crippen LogP) is 10.1. The van der Waals surface area contributed by atoms with Crippen LogP contribution in [0.25, 0.3) is 45.2 Å². The number of aromatic nitrogens is 6. The Kier molecular flexibility index (Phi) is 9.94. The fourth-order valence-electron chi connectivity index (χ4n) is 5.21. The molecule has 256 valence electrons. The van der Waals surface area contributed by atoms with E-state index in [0.717, 1.165) is 16.7 Å². The lowest BCUT2D eigenvalue weighted by molar-refractivity contribution is 0.0937. The molecule has 0 amide bonds. The molecule has 4 heterocycles. The Bertz CT molecular complexity index is 2480. The Morgan fingerprint density at radius 2 is 1.08 bits per heavy atom. The van der Waals surface area contributed by atoms with E-state index < -0.39 is 0 Å². The second-order valence-electron chi connectivity index (χ2n) is 11.3. The Morgan fingerprint density at radius 3 is 1.65 bits per heavy atom. The minimum atomic E-state index is -0.250. The van der Waals surface area contributed by atoms with E-state index in [-0.39, 0.29) is 11.8 Å². The van der Waals surface area contributed by atoms with Crippen molar-refractivity contribution < 1.29 is 18.6 Å². The molecular weight excluding hydrogens is 723 g/mol. The lowest BCUT2D eigenvalue weighted by Gasteiger charge is -2.02. The number of aryl methyl sites for hydroxylation is 1. The smallest absolute Gasteiger partial charge is 0.278 e. The monoisotopic (exact) mass is 746 g/mol. The summed E-state index contributed by atoms with van der Waals surface area (Å²) in [5, 5.41) is 18.7. The summed E-state index contributed by atoms with van der Waals surface area (Å²) in [6, 6.07) is 35.6. The van der Waals surface area contributed by atoms with E-state index in [9.17, 15) is 9.59 Å². The predicted molar refractivity (Wildman–Crippen MR) is 198 cm³/mol. The highest BCUT2D eigenvalue weighted by molar-refractivity contribution is 6.31. The van der Waals surface area contributed by atoms with Crippen LogP contribution < -0.4 is 0 Å². The first-order chi connectivity index (χ1) is 25.2. The zero-order chi connectivity index (χ0) is 36.2. The van der Waals surface area contributed by atoms with Crippen LogP contribution in [-0.4, -0.2) is 41.7 Å². The van der Waals surface area contributed by atoms with E-state index in [4.69, 9.17) is 43.8 Å². The standard InChI is InChI=1S/C20H13Cl2N3O2.C19H12ClN3O2/c1-12-18(19(24-27-12)13-2-6-15(21)7-3-13)17-10-11-25(23-17)20(26)14-4-8-16(22)9-5-14;20-15-8-6-14(7-9-15)19(24)23-11-10-16(21-23)18-12-17(22-25-18)13-4-2-1-3-5-13/h2-11H,1H3;1-12H. The van der Waals surface area contributed by atoms with Gasteiger partial charge in [-0.1, -0.05) is 87.6 Å². The highest BCUT2D eigenvalue weighted by Gasteiger charge is 2.20. The van der Waals surface area contributed by atoms with Crippen molar-refractivity contribution in [3.8, 4) is 45.2 Å². The van der Waals surface area contributed by atoms with Gasteiger partial charge in [-0.05, 0) is 79.7 Å².